The van der Waals surface area contributed by atoms with Crippen LogP contribution in [0.2, 0.25) is 0 Å². The average molecular weight is 256 g/mol. The SMILES string of the molecule is CCCCNC(=O)NC1CCC2(CC1)OCCO2. The number of nitrogens with one attached hydrogen (secondary N) is 2. The van der Waals surface area contributed by atoms with Crippen molar-refractivity contribution in [1.82, 2.24) is 10.6 Å². The Morgan fingerprint density at radius 1 is 1.28 bits per heavy atom. The Morgan fingerprint density at radius 3 is 2.56 bits per heavy atom. The van der Waals surface area contributed by atoms with E-state index in [4.69, 9.17) is 9.47 Å². The molecule has 0 atom stereocenters. The van der Waals surface area contributed by atoms with E-state index in [1.807, 2.05) is 0 Å². The van der Waals surface area contributed by atoms with Crippen molar-refractivity contribution in [2.45, 2.75) is 57.3 Å². The molecule has 1 saturated heterocycles. The second-order valence-electron chi connectivity index (χ2n) is 5.14. The van der Waals surface area contributed by atoms with Gasteiger partial charge in [0.2, 0.25) is 0 Å². The molecular formula is C13H24N2O3. The van der Waals surface area contributed by atoms with Gasteiger partial charge in [0.15, 0.2) is 5.79 Å². The number of rotatable bonds is 4. The highest BCUT2D eigenvalue weighted by Gasteiger charge is 2.40. The number of carbonyl (C=O) groups excluding carboxylic acids is 1. The van der Waals surface area contributed by atoms with Crippen LogP contribution in [0.1, 0.15) is 45.4 Å². The average Bonchev–Trinajstić information content (AvgIpc) is 2.81. The third-order valence-corrected chi connectivity index (χ3v) is 3.71. The zero-order valence-electron chi connectivity index (χ0n) is 11.2. The summed E-state index contributed by atoms with van der Waals surface area (Å²) < 4.78 is 11.3. The zero-order chi connectivity index (χ0) is 12.8. The van der Waals surface area contributed by atoms with Crippen LogP contribution >= 0.6 is 0 Å². The van der Waals surface area contributed by atoms with Crippen LogP contribution < -0.4 is 10.6 Å². The summed E-state index contributed by atoms with van der Waals surface area (Å²) in [7, 11) is 0. The van der Waals surface area contributed by atoms with E-state index in [1.54, 1.807) is 0 Å². The number of ether oxygens (including phenoxy) is 2. The maximum Gasteiger partial charge on any atom is 0.315 e. The Morgan fingerprint density at radius 2 is 1.94 bits per heavy atom. The summed E-state index contributed by atoms with van der Waals surface area (Å²) in [5, 5.41) is 5.90. The van der Waals surface area contributed by atoms with Crippen LogP contribution in [0, 0.1) is 0 Å². The minimum Gasteiger partial charge on any atom is -0.348 e. The lowest BCUT2D eigenvalue weighted by atomic mass is 9.90. The third kappa shape index (κ3) is 3.59. The van der Waals surface area contributed by atoms with Crippen molar-refractivity contribution in [3.8, 4) is 0 Å². The fourth-order valence-corrected chi connectivity index (χ4v) is 2.60. The van der Waals surface area contributed by atoms with E-state index in [0.717, 1.165) is 45.1 Å². The molecule has 0 radical (unpaired) electrons. The molecule has 0 unspecified atom stereocenters. The minimum absolute atomic E-state index is 0.0438. The van der Waals surface area contributed by atoms with Gasteiger partial charge in [0.1, 0.15) is 0 Å². The first-order valence-electron chi connectivity index (χ1n) is 7.06. The van der Waals surface area contributed by atoms with E-state index >= 15 is 0 Å². The summed E-state index contributed by atoms with van der Waals surface area (Å²) >= 11 is 0. The lowest BCUT2D eigenvalue weighted by Crippen LogP contribution is -2.47. The second kappa shape index (κ2) is 6.38. The van der Waals surface area contributed by atoms with E-state index in [9.17, 15) is 4.79 Å². The molecular weight excluding hydrogens is 232 g/mol. The lowest BCUT2D eigenvalue weighted by Gasteiger charge is -2.35. The molecule has 0 aromatic carbocycles. The standard InChI is InChI=1S/C13H24N2O3/c1-2-3-8-14-12(16)15-11-4-6-13(7-5-11)17-9-10-18-13/h11H,2-10H2,1H3,(H2,14,15,16). The van der Waals surface area contributed by atoms with Gasteiger partial charge >= 0.3 is 6.03 Å². The number of urea groups is 1. The van der Waals surface area contributed by atoms with Gasteiger partial charge in [0.05, 0.1) is 13.2 Å². The van der Waals surface area contributed by atoms with Crippen molar-refractivity contribution >= 4 is 6.03 Å². The van der Waals surface area contributed by atoms with E-state index in [2.05, 4.69) is 17.6 Å². The lowest BCUT2D eigenvalue weighted by molar-refractivity contribution is -0.179. The normalized spacial score (nSPS) is 23.2. The monoisotopic (exact) mass is 256 g/mol. The smallest absolute Gasteiger partial charge is 0.315 e. The topological polar surface area (TPSA) is 59.6 Å². The highest BCUT2D eigenvalue weighted by Crippen LogP contribution is 2.35. The highest BCUT2D eigenvalue weighted by atomic mass is 16.7. The molecule has 18 heavy (non-hydrogen) atoms. The van der Waals surface area contributed by atoms with Crippen molar-refractivity contribution in [3.05, 3.63) is 0 Å². The Bertz CT molecular complexity index is 267. The molecule has 0 bridgehead atoms. The minimum atomic E-state index is -0.336. The first-order valence-corrected chi connectivity index (χ1v) is 7.06. The highest BCUT2D eigenvalue weighted by molar-refractivity contribution is 5.74. The molecule has 5 nitrogen and oxygen atoms in total. The van der Waals surface area contributed by atoms with E-state index in [1.165, 1.54) is 0 Å². The van der Waals surface area contributed by atoms with Crippen molar-refractivity contribution in [3.63, 3.8) is 0 Å². The molecule has 5 heteroatoms. The fourth-order valence-electron chi connectivity index (χ4n) is 2.60. The predicted molar refractivity (Wildman–Crippen MR) is 68.3 cm³/mol. The Labute approximate surface area is 109 Å². The fraction of sp³-hybridized carbons (Fsp3) is 0.923. The number of hydrogen-bond donors (Lipinski definition) is 2. The van der Waals surface area contributed by atoms with E-state index in [-0.39, 0.29) is 17.9 Å². The third-order valence-electron chi connectivity index (χ3n) is 3.71. The molecule has 1 spiro atoms. The van der Waals surface area contributed by atoms with Crippen molar-refractivity contribution in [2.75, 3.05) is 19.8 Å². The van der Waals surface area contributed by atoms with Gasteiger partial charge in [-0.2, -0.15) is 0 Å². The van der Waals surface area contributed by atoms with Crippen LogP contribution in [0.5, 0.6) is 0 Å². The van der Waals surface area contributed by atoms with Gasteiger partial charge in [-0.25, -0.2) is 4.79 Å². The van der Waals surface area contributed by atoms with Gasteiger partial charge in [-0.15, -0.1) is 0 Å². The largest absolute Gasteiger partial charge is 0.348 e. The molecule has 2 rings (SSSR count). The molecule has 2 N–H and O–H groups in total. The molecule has 0 aromatic rings. The number of carbonyl (C=O) groups is 1. The number of unbranched alkanes of at least 4 members (excludes halogenated alkanes) is 1. The van der Waals surface area contributed by atoms with Crippen molar-refractivity contribution < 1.29 is 14.3 Å². The summed E-state index contributed by atoms with van der Waals surface area (Å²) in [5.41, 5.74) is 0. The van der Waals surface area contributed by atoms with Crippen molar-refractivity contribution in [2.24, 2.45) is 0 Å². The van der Waals surface area contributed by atoms with Crippen molar-refractivity contribution in [1.29, 1.82) is 0 Å². The summed E-state index contributed by atoms with van der Waals surface area (Å²) in [6.45, 7) is 4.28. The summed E-state index contributed by atoms with van der Waals surface area (Å²) in [6.07, 6.45) is 5.76. The van der Waals surface area contributed by atoms with Gasteiger partial charge < -0.3 is 20.1 Å². The molecule has 2 amide bonds. The first kappa shape index (κ1) is 13.6. The maximum atomic E-state index is 11.6. The summed E-state index contributed by atoms with van der Waals surface area (Å²) in [6, 6.07) is 0.211. The van der Waals surface area contributed by atoms with Gasteiger partial charge in [-0.3, -0.25) is 0 Å². The Hall–Kier alpha value is -0.810. The van der Waals surface area contributed by atoms with E-state index < -0.39 is 0 Å². The van der Waals surface area contributed by atoms with Gasteiger partial charge in [0, 0.05) is 25.4 Å². The van der Waals surface area contributed by atoms with Crippen LogP contribution in [0.4, 0.5) is 4.79 Å². The van der Waals surface area contributed by atoms with Crippen LogP contribution in [0.3, 0.4) is 0 Å². The second-order valence-corrected chi connectivity index (χ2v) is 5.14. The molecule has 1 aliphatic carbocycles. The summed E-state index contributed by atoms with van der Waals surface area (Å²) in [4.78, 5) is 11.6. The summed E-state index contributed by atoms with van der Waals surface area (Å²) in [5.74, 6) is -0.336. The molecule has 2 fully saturated rings. The molecule has 104 valence electrons. The van der Waals surface area contributed by atoms with E-state index in [0.29, 0.717) is 13.2 Å². The van der Waals surface area contributed by atoms with Crippen LogP contribution in [-0.2, 0) is 9.47 Å². The Balaban J connectivity index is 1.65. The quantitative estimate of drug-likeness (QED) is 0.754. The molecule has 0 aromatic heterocycles. The number of amides is 2. The maximum absolute atomic E-state index is 11.6. The predicted octanol–water partition coefficient (Wildman–Crippen LogP) is 1.77. The molecule has 1 saturated carbocycles. The molecule has 2 aliphatic rings. The van der Waals surface area contributed by atoms with Crippen LogP contribution in [0.15, 0.2) is 0 Å². The zero-order valence-corrected chi connectivity index (χ0v) is 11.2. The van der Waals surface area contributed by atoms with Gasteiger partial charge in [-0.1, -0.05) is 13.3 Å². The molecule has 1 heterocycles. The van der Waals surface area contributed by atoms with Crippen LogP contribution in [-0.4, -0.2) is 37.6 Å². The van der Waals surface area contributed by atoms with Gasteiger partial charge in [0.25, 0.3) is 0 Å². The number of hydrogen-bond acceptors (Lipinski definition) is 3. The molecule has 1 aliphatic heterocycles. The Kier molecular flexibility index (Phi) is 4.83. The first-order chi connectivity index (χ1) is 8.74. The van der Waals surface area contributed by atoms with Gasteiger partial charge in [-0.05, 0) is 19.3 Å². The van der Waals surface area contributed by atoms with Crippen LogP contribution in [0.25, 0.3) is 0 Å².